The Hall–Kier alpha value is -3.03. The molecule has 2 rings (SSSR count). The lowest BCUT2D eigenvalue weighted by Crippen LogP contribution is -2.36. The molecule has 2 aromatic rings. The second-order valence-electron chi connectivity index (χ2n) is 9.09. The van der Waals surface area contributed by atoms with Crippen LogP contribution in [0.2, 0.25) is 0 Å². The van der Waals surface area contributed by atoms with Crippen molar-refractivity contribution in [1.82, 2.24) is 4.90 Å². The summed E-state index contributed by atoms with van der Waals surface area (Å²) in [6.45, 7) is 7.63. The number of nitrogens with zero attached hydrogens (tertiary/aromatic N) is 1. The average Bonchev–Trinajstić information content (AvgIpc) is 2.71. The number of carbonyl (C=O) groups excluding carboxylic acids is 2. The number of amides is 1. The average molecular weight is 466 g/mol. The van der Waals surface area contributed by atoms with E-state index in [-0.39, 0.29) is 24.3 Å². The fraction of sp³-hybridized carbons (Fsp3) is 0.440. The van der Waals surface area contributed by atoms with Crippen LogP contribution in [0.25, 0.3) is 11.1 Å². The number of benzene rings is 2. The van der Waals surface area contributed by atoms with E-state index in [9.17, 15) is 22.8 Å². The smallest absolute Gasteiger partial charge is 0.416 e. The lowest BCUT2D eigenvalue weighted by atomic mass is 9.92. The number of methoxy groups -OCH3 is 2. The van der Waals surface area contributed by atoms with Gasteiger partial charge in [0.25, 0.3) is 0 Å². The Kier molecular flexibility index (Phi) is 8.16. The molecular weight excluding hydrogens is 435 g/mol. The molecule has 0 saturated carbocycles. The van der Waals surface area contributed by atoms with Crippen molar-refractivity contribution in [2.24, 2.45) is 5.41 Å². The lowest BCUT2D eigenvalue weighted by Gasteiger charge is -2.30. The van der Waals surface area contributed by atoms with Gasteiger partial charge in [0.05, 0.1) is 26.2 Å². The molecule has 0 saturated heterocycles. The van der Waals surface area contributed by atoms with Gasteiger partial charge in [-0.2, -0.15) is 13.2 Å². The first-order valence-electron chi connectivity index (χ1n) is 10.4. The van der Waals surface area contributed by atoms with Crippen molar-refractivity contribution >= 4 is 11.9 Å². The van der Waals surface area contributed by atoms with Crippen LogP contribution in [0, 0.1) is 5.41 Å². The molecule has 0 unspecified atom stereocenters. The standard InChI is InChI=1S/C25H30F3NO4/c1-16(30)29(15-24(2,3)4)14-18-13-19(25(26,27)28)8-9-20(18)21-11-17(12-23(31)33-6)7-10-22(21)32-5/h7-11,13H,12,14-15H2,1-6H3. The van der Waals surface area contributed by atoms with E-state index in [1.165, 1.54) is 32.1 Å². The van der Waals surface area contributed by atoms with Crippen LogP contribution in [0.4, 0.5) is 13.2 Å². The molecule has 0 aliphatic heterocycles. The van der Waals surface area contributed by atoms with Crippen LogP contribution >= 0.6 is 0 Å². The first kappa shape index (κ1) is 26.2. The minimum atomic E-state index is -4.53. The Labute approximate surface area is 192 Å². The number of alkyl halides is 3. The van der Waals surface area contributed by atoms with Crippen molar-refractivity contribution in [3.63, 3.8) is 0 Å². The van der Waals surface area contributed by atoms with E-state index >= 15 is 0 Å². The Morgan fingerprint density at radius 2 is 1.64 bits per heavy atom. The maximum absolute atomic E-state index is 13.5. The number of halogens is 3. The van der Waals surface area contributed by atoms with Gasteiger partial charge >= 0.3 is 12.1 Å². The van der Waals surface area contributed by atoms with Crippen LogP contribution in [0.5, 0.6) is 5.75 Å². The molecular formula is C25H30F3NO4. The van der Waals surface area contributed by atoms with Crippen molar-refractivity contribution in [1.29, 1.82) is 0 Å². The van der Waals surface area contributed by atoms with Gasteiger partial charge in [-0.15, -0.1) is 0 Å². The summed E-state index contributed by atoms with van der Waals surface area (Å²) >= 11 is 0. The maximum Gasteiger partial charge on any atom is 0.416 e. The summed E-state index contributed by atoms with van der Waals surface area (Å²) in [5, 5.41) is 0. The van der Waals surface area contributed by atoms with E-state index < -0.39 is 17.7 Å². The van der Waals surface area contributed by atoms with E-state index in [0.717, 1.165) is 12.1 Å². The molecule has 33 heavy (non-hydrogen) atoms. The van der Waals surface area contributed by atoms with E-state index in [4.69, 9.17) is 9.47 Å². The van der Waals surface area contributed by atoms with Gasteiger partial charge in [0.2, 0.25) is 5.91 Å². The van der Waals surface area contributed by atoms with Gasteiger partial charge in [0.15, 0.2) is 0 Å². The number of hydrogen-bond donors (Lipinski definition) is 0. The Morgan fingerprint density at radius 1 is 0.970 bits per heavy atom. The van der Waals surface area contributed by atoms with Crippen LogP contribution in [-0.2, 0) is 33.5 Å². The molecule has 0 heterocycles. The zero-order valence-electron chi connectivity index (χ0n) is 19.8. The summed E-state index contributed by atoms with van der Waals surface area (Å²) in [5.41, 5.74) is 0.934. The molecule has 0 aliphatic carbocycles. The Balaban J connectivity index is 2.66. The van der Waals surface area contributed by atoms with Crippen LogP contribution < -0.4 is 4.74 Å². The fourth-order valence-electron chi connectivity index (χ4n) is 3.53. The minimum Gasteiger partial charge on any atom is -0.496 e. The number of ether oxygens (including phenoxy) is 2. The molecule has 8 heteroatoms. The van der Waals surface area contributed by atoms with E-state index in [2.05, 4.69) is 0 Å². The molecule has 1 amide bonds. The van der Waals surface area contributed by atoms with E-state index in [1.807, 2.05) is 20.8 Å². The van der Waals surface area contributed by atoms with Crippen molar-refractivity contribution in [2.45, 2.75) is 46.8 Å². The minimum absolute atomic E-state index is 0.00373. The van der Waals surface area contributed by atoms with Gasteiger partial charge in [-0.05, 0) is 46.4 Å². The normalized spacial score (nSPS) is 11.8. The van der Waals surface area contributed by atoms with Gasteiger partial charge in [0.1, 0.15) is 5.75 Å². The highest BCUT2D eigenvalue weighted by Gasteiger charge is 2.32. The summed E-state index contributed by atoms with van der Waals surface area (Å²) in [6.07, 6.45) is -4.53. The van der Waals surface area contributed by atoms with Crippen molar-refractivity contribution in [2.75, 3.05) is 20.8 Å². The Bertz CT molecular complexity index is 1010. The fourth-order valence-corrected chi connectivity index (χ4v) is 3.53. The van der Waals surface area contributed by atoms with Crippen LogP contribution in [0.15, 0.2) is 36.4 Å². The van der Waals surface area contributed by atoms with Gasteiger partial charge in [-0.3, -0.25) is 9.59 Å². The van der Waals surface area contributed by atoms with Crippen LogP contribution in [0.3, 0.4) is 0 Å². The molecule has 0 fully saturated rings. The van der Waals surface area contributed by atoms with E-state index in [1.54, 1.807) is 18.2 Å². The largest absolute Gasteiger partial charge is 0.496 e. The molecule has 180 valence electrons. The molecule has 0 radical (unpaired) electrons. The van der Waals surface area contributed by atoms with Crippen molar-refractivity contribution in [3.05, 3.63) is 53.1 Å². The Morgan fingerprint density at radius 3 is 2.15 bits per heavy atom. The number of carbonyl (C=O) groups is 2. The quantitative estimate of drug-likeness (QED) is 0.508. The van der Waals surface area contributed by atoms with Gasteiger partial charge in [-0.25, -0.2) is 0 Å². The van der Waals surface area contributed by atoms with Gasteiger partial charge in [-0.1, -0.05) is 32.9 Å². The highest BCUT2D eigenvalue weighted by Crippen LogP contribution is 2.38. The van der Waals surface area contributed by atoms with Crippen molar-refractivity contribution in [3.8, 4) is 16.9 Å². The van der Waals surface area contributed by atoms with Crippen molar-refractivity contribution < 1.29 is 32.2 Å². The highest BCUT2D eigenvalue weighted by atomic mass is 19.4. The predicted octanol–water partition coefficient (Wildman–Crippen LogP) is 5.49. The summed E-state index contributed by atoms with van der Waals surface area (Å²) < 4.78 is 50.7. The van der Waals surface area contributed by atoms with Crippen LogP contribution in [0.1, 0.15) is 44.4 Å². The molecule has 0 aliphatic rings. The third-order valence-electron chi connectivity index (χ3n) is 5.03. The SMILES string of the molecule is COC(=O)Cc1ccc(OC)c(-c2ccc(C(F)(F)F)cc2CN(CC(C)(C)C)C(C)=O)c1. The zero-order chi connectivity index (χ0) is 25.0. The lowest BCUT2D eigenvalue weighted by molar-refractivity contribution is -0.140. The summed E-state index contributed by atoms with van der Waals surface area (Å²) in [7, 11) is 2.75. The van der Waals surface area contributed by atoms with E-state index in [0.29, 0.717) is 34.5 Å². The number of rotatable bonds is 7. The second kappa shape index (κ2) is 10.3. The molecule has 0 atom stereocenters. The third kappa shape index (κ3) is 7.23. The first-order valence-corrected chi connectivity index (χ1v) is 10.4. The van der Waals surface area contributed by atoms with Gasteiger partial charge < -0.3 is 14.4 Å². The topological polar surface area (TPSA) is 55.8 Å². The third-order valence-corrected chi connectivity index (χ3v) is 5.03. The molecule has 0 aromatic heterocycles. The summed E-state index contributed by atoms with van der Waals surface area (Å²) in [6, 6.07) is 8.52. The summed E-state index contributed by atoms with van der Waals surface area (Å²) in [5.74, 6) is -0.235. The maximum atomic E-state index is 13.5. The monoisotopic (exact) mass is 465 g/mol. The molecule has 0 spiro atoms. The predicted molar refractivity (Wildman–Crippen MR) is 120 cm³/mol. The summed E-state index contributed by atoms with van der Waals surface area (Å²) in [4.78, 5) is 25.6. The molecule has 2 aromatic carbocycles. The zero-order valence-corrected chi connectivity index (χ0v) is 19.8. The molecule has 0 N–H and O–H groups in total. The number of esters is 1. The first-order chi connectivity index (χ1) is 15.2. The second-order valence-corrected chi connectivity index (χ2v) is 9.09. The molecule has 0 bridgehead atoms. The molecule has 5 nitrogen and oxygen atoms in total. The number of hydrogen-bond acceptors (Lipinski definition) is 4. The highest BCUT2D eigenvalue weighted by molar-refractivity contribution is 5.78. The van der Waals surface area contributed by atoms with Crippen LogP contribution in [-0.4, -0.2) is 37.5 Å². The van der Waals surface area contributed by atoms with Gasteiger partial charge in [0, 0.05) is 25.6 Å².